The SMILES string of the molecule is CCn1c(CCC(C)CNC)nc2ccccc21. The topological polar surface area (TPSA) is 29.9 Å². The summed E-state index contributed by atoms with van der Waals surface area (Å²) in [5.74, 6) is 1.92. The summed E-state index contributed by atoms with van der Waals surface area (Å²) in [6.45, 7) is 6.55. The highest BCUT2D eigenvalue weighted by atomic mass is 15.1. The van der Waals surface area contributed by atoms with Crippen molar-refractivity contribution < 1.29 is 0 Å². The van der Waals surface area contributed by atoms with E-state index in [1.807, 2.05) is 7.05 Å². The first-order valence-corrected chi connectivity index (χ1v) is 6.85. The van der Waals surface area contributed by atoms with E-state index in [1.54, 1.807) is 0 Å². The Kier molecular flexibility index (Phi) is 4.37. The van der Waals surface area contributed by atoms with E-state index >= 15 is 0 Å². The molecule has 1 N–H and O–H groups in total. The van der Waals surface area contributed by atoms with Crippen LogP contribution >= 0.6 is 0 Å². The summed E-state index contributed by atoms with van der Waals surface area (Å²) in [7, 11) is 2.01. The number of hydrogen-bond donors (Lipinski definition) is 1. The van der Waals surface area contributed by atoms with E-state index in [9.17, 15) is 0 Å². The van der Waals surface area contributed by atoms with Crippen molar-refractivity contribution in [2.24, 2.45) is 5.92 Å². The van der Waals surface area contributed by atoms with Crippen LogP contribution in [0.2, 0.25) is 0 Å². The van der Waals surface area contributed by atoms with E-state index in [1.165, 1.54) is 17.8 Å². The number of rotatable bonds is 6. The Balaban J connectivity index is 2.17. The molecule has 0 aliphatic carbocycles. The average molecular weight is 245 g/mol. The van der Waals surface area contributed by atoms with Crippen LogP contribution in [0.4, 0.5) is 0 Å². The van der Waals surface area contributed by atoms with Crippen molar-refractivity contribution >= 4 is 11.0 Å². The second-order valence-corrected chi connectivity index (χ2v) is 4.96. The number of aromatic nitrogens is 2. The van der Waals surface area contributed by atoms with Gasteiger partial charge in [0.25, 0.3) is 0 Å². The first kappa shape index (κ1) is 13.1. The minimum Gasteiger partial charge on any atom is -0.328 e. The molecule has 3 heteroatoms. The highest BCUT2D eigenvalue weighted by Gasteiger charge is 2.10. The molecule has 98 valence electrons. The summed E-state index contributed by atoms with van der Waals surface area (Å²) in [6, 6.07) is 8.40. The van der Waals surface area contributed by atoms with Crippen LogP contribution in [-0.4, -0.2) is 23.1 Å². The van der Waals surface area contributed by atoms with Gasteiger partial charge in [-0.2, -0.15) is 0 Å². The van der Waals surface area contributed by atoms with Crippen molar-refractivity contribution in [2.45, 2.75) is 33.2 Å². The number of para-hydroxylation sites is 2. The first-order chi connectivity index (χ1) is 8.76. The molecule has 1 heterocycles. The second-order valence-electron chi connectivity index (χ2n) is 4.96. The maximum absolute atomic E-state index is 4.76. The first-order valence-electron chi connectivity index (χ1n) is 6.85. The third-order valence-electron chi connectivity index (χ3n) is 3.46. The molecule has 0 saturated carbocycles. The van der Waals surface area contributed by atoms with Crippen LogP contribution in [-0.2, 0) is 13.0 Å². The minimum absolute atomic E-state index is 0.695. The van der Waals surface area contributed by atoms with Crippen molar-refractivity contribution in [3.8, 4) is 0 Å². The van der Waals surface area contributed by atoms with E-state index in [2.05, 4.69) is 48.0 Å². The predicted octanol–water partition coefficient (Wildman–Crippen LogP) is 2.84. The van der Waals surface area contributed by atoms with Gasteiger partial charge in [-0.15, -0.1) is 0 Å². The standard InChI is InChI=1S/C15H23N3/c1-4-18-14-8-6-5-7-13(14)17-15(18)10-9-12(2)11-16-3/h5-8,12,16H,4,9-11H2,1-3H3. The average Bonchev–Trinajstić information content (AvgIpc) is 2.74. The number of fused-ring (bicyclic) bond motifs is 1. The second kappa shape index (κ2) is 6.01. The van der Waals surface area contributed by atoms with E-state index in [4.69, 9.17) is 4.98 Å². The third-order valence-corrected chi connectivity index (χ3v) is 3.46. The zero-order chi connectivity index (χ0) is 13.0. The summed E-state index contributed by atoms with van der Waals surface area (Å²) < 4.78 is 2.33. The van der Waals surface area contributed by atoms with Gasteiger partial charge in [0.05, 0.1) is 11.0 Å². The molecule has 0 bridgehead atoms. The van der Waals surface area contributed by atoms with E-state index in [-0.39, 0.29) is 0 Å². The molecular formula is C15H23N3. The molecule has 2 rings (SSSR count). The van der Waals surface area contributed by atoms with Gasteiger partial charge >= 0.3 is 0 Å². The molecule has 0 amide bonds. The minimum atomic E-state index is 0.695. The molecule has 1 unspecified atom stereocenters. The van der Waals surface area contributed by atoms with Crippen molar-refractivity contribution in [2.75, 3.05) is 13.6 Å². The van der Waals surface area contributed by atoms with Crippen molar-refractivity contribution in [3.05, 3.63) is 30.1 Å². The number of imidazole rings is 1. The van der Waals surface area contributed by atoms with Crippen LogP contribution < -0.4 is 5.32 Å². The van der Waals surface area contributed by atoms with Gasteiger partial charge in [-0.25, -0.2) is 4.98 Å². The van der Waals surface area contributed by atoms with Crippen molar-refractivity contribution in [3.63, 3.8) is 0 Å². The van der Waals surface area contributed by atoms with E-state index in [0.717, 1.165) is 25.0 Å². The Bertz CT molecular complexity index is 501. The lowest BCUT2D eigenvalue weighted by atomic mass is 10.1. The molecule has 2 aromatic rings. The number of nitrogens with zero attached hydrogens (tertiary/aromatic N) is 2. The molecule has 0 fully saturated rings. The molecule has 1 aromatic carbocycles. The highest BCUT2D eigenvalue weighted by Crippen LogP contribution is 2.18. The zero-order valence-electron chi connectivity index (χ0n) is 11.6. The smallest absolute Gasteiger partial charge is 0.109 e. The third kappa shape index (κ3) is 2.72. The fourth-order valence-corrected chi connectivity index (χ4v) is 2.50. The van der Waals surface area contributed by atoms with Crippen LogP contribution in [0.3, 0.4) is 0 Å². The van der Waals surface area contributed by atoms with E-state index in [0.29, 0.717) is 5.92 Å². The summed E-state index contributed by atoms with van der Waals surface area (Å²) >= 11 is 0. The summed E-state index contributed by atoms with van der Waals surface area (Å²) in [5.41, 5.74) is 2.38. The molecule has 0 aliphatic heterocycles. The number of aryl methyl sites for hydroxylation is 2. The Morgan fingerprint density at radius 3 is 2.83 bits per heavy atom. The van der Waals surface area contributed by atoms with Crippen LogP contribution in [0.5, 0.6) is 0 Å². The van der Waals surface area contributed by atoms with Crippen LogP contribution in [0.15, 0.2) is 24.3 Å². The van der Waals surface area contributed by atoms with Crippen LogP contribution in [0.25, 0.3) is 11.0 Å². The largest absolute Gasteiger partial charge is 0.328 e. The zero-order valence-corrected chi connectivity index (χ0v) is 11.6. The van der Waals surface area contributed by atoms with Gasteiger partial charge in [-0.1, -0.05) is 19.1 Å². The fourth-order valence-electron chi connectivity index (χ4n) is 2.50. The molecule has 1 atom stereocenters. The maximum atomic E-state index is 4.76. The van der Waals surface area contributed by atoms with Gasteiger partial charge in [0, 0.05) is 13.0 Å². The molecule has 18 heavy (non-hydrogen) atoms. The quantitative estimate of drug-likeness (QED) is 0.848. The lowest BCUT2D eigenvalue weighted by molar-refractivity contribution is 0.493. The molecule has 0 radical (unpaired) electrons. The number of benzene rings is 1. The van der Waals surface area contributed by atoms with Gasteiger partial charge in [0.1, 0.15) is 5.82 Å². The van der Waals surface area contributed by atoms with E-state index < -0.39 is 0 Å². The summed E-state index contributed by atoms with van der Waals surface area (Å²) in [4.78, 5) is 4.76. The number of hydrogen-bond acceptors (Lipinski definition) is 2. The Hall–Kier alpha value is -1.35. The van der Waals surface area contributed by atoms with Gasteiger partial charge in [0.15, 0.2) is 0 Å². The van der Waals surface area contributed by atoms with Crippen molar-refractivity contribution in [1.82, 2.24) is 14.9 Å². The lowest BCUT2D eigenvalue weighted by Gasteiger charge is -2.11. The maximum Gasteiger partial charge on any atom is 0.109 e. The van der Waals surface area contributed by atoms with Gasteiger partial charge in [0.2, 0.25) is 0 Å². The van der Waals surface area contributed by atoms with Crippen molar-refractivity contribution in [1.29, 1.82) is 0 Å². The molecule has 3 nitrogen and oxygen atoms in total. The molecule has 0 saturated heterocycles. The molecule has 0 aliphatic rings. The summed E-state index contributed by atoms with van der Waals surface area (Å²) in [5, 5.41) is 3.23. The fraction of sp³-hybridized carbons (Fsp3) is 0.533. The van der Waals surface area contributed by atoms with Crippen LogP contribution in [0.1, 0.15) is 26.1 Å². The van der Waals surface area contributed by atoms with Crippen LogP contribution in [0, 0.1) is 5.92 Å². The van der Waals surface area contributed by atoms with Gasteiger partial charge < -0.3 is 9.88 Å². The monoisotopic (exact) mass is 245 g/mol. The Morgan fingerprint density at radius 2 is 2.11 bits per heavy atom. The van der Waals surface area contributed by atoms with Gasteiger partial charge in [-0.05, 0) is 45.0 Å². The number of nitrogens with one attached hydrogen (secondary N) is 1. The Labute approximate surface area is 109 Å². The molecule has 0 spiro atoms. The Morgan fingerprint density at radius 1 is 1.33 bits per heavy atom. The lowest BCUT2D eigenvalue weighted by Crippen LogP contribution is -2.17. The normalized spacial score (nSPS) is 13.1. The van der Waals surface area contributed by atoms with Gasteiger partial charge in [-0.3, -0.25) is 0 Å². The summed E-state index contributed by atoms with van der Waals surface area (Å²) in [6.07, 6.45) is 2.25. The molecular weight excluding hydrogens is 222 g/mol. The predicted molar refractivity (Wildman–Crippen MR) is 76.8 cm³/mol. The molecule has 1 aromatic heterocycles. The highest BCUT2D eigenvalue weighted by molar-refractivity contribution is 5.75.